The Morgan fingerprint density at radius 3 is 2.76 bits per heavy atom. The Morgan fingerprint density at radius 1 is 1.12 bits per heavy atom. The minimum atomic E-state index is -3.66. The first-order valence-corrected chi connectivity index (χ1v) is 9.58. The van der Waals surface area contributed by atoms with E-state index in [0.717, 1.165) is 29.4 Å². The summed E-state index contributed by atoms with van der Waals surface area (Å²) in [6, 6.07) is 13.0. The average Bonchev–Trinajstić information content (AvgIpc) is 3.01. The molecule has 1 aromatic heterocycles. The molecule has 0 fully saturated rings. The van der Waals surface area contributed by atoms with Crippen LogP contribution in [0, 0.1) is 0 Å². The Balaban J connectivity index is 1.81. The summed E-state index contributed by atoms with van der Waals surface area (Å²) in [6.45, 7) is 0.919. The summed E-state index contributed by atoms with van der Waals surface area (Å²) in [5, 5.41) is 1.78. The fraction of sp³-hybridized carbons (Fsp3) is 0.211. The van der Waals surface area contributed by atoms with Gasteiger partial charge in [-0.2, -0.15) is 0 Å². The van der Waals surface area contributed by atoms with Crippen LogP contribution in [0.3, 0.4) is 0 Å². The van der Waals surface area contributed by atoms with Crippen molar-refractivity contribution in [2.75, 3.05) is 29.8 Å². The molecule has 2 heterocycles. The molecule has 0 radical (unpaired) electrons. The van der Waals surface area contributed by atoms with E-state index in [9.17, 15) is 8.42 Å². The maximum Gasteiger partial charge on any atom is 0.264 e. The van der Waals surface area contributed by atoms with E-state index >= 15 is 0 Å². The van der Waals surface area contributed by atoms with Gasteiger partial charge in [-0.15, -0.1) is 0 Å². The minimum absolute atomic E-state index is 0.301. The Labute approximate surface area is 147 Å². The van der Waals surface area contributed by atoms with Gasteiger partial charge in [0.15, 0.2) is 0 Å². The topological polar surface area (TPSA) is 53.5 Å². The lowest BCUT2D eigenvalue weighted by Crippen LogP contribution is -2.27. The summed E-state index contributed by atoms with van der Waals surface area (Å²) in [6.07, 6.45) is 4.29. The molecular weight excluding hydrogens is 334 g/mol. The highest BCUT2D eigenvalue weighted by Gasteiger charge is 2.26. The molecule has 0 bridgehead atoms. The van der Waals surface area contributed by atoms with Gasteiger partial charge in [-0.1, -0.05) is 30.3 Å². The van der Waals surface area contributed by atoms with Crippen molar-refractivity contribution in [3.8, 4) is 0 Å². The second kappa shape index (κ2) is 5.74. The highest BCUT2D eigenvalue weighted by Crippen LogP contribution is 2.33. The highest BCUT2D eigenvalue weighted by molar-refractivity contribution is 7.92. The average molecular weight is 353 g/mol. The summed E-state index contributed by atoms with van der Waals surface area (Å²) in [5.74, 6) is 0. The molecule has 0 aliphatic carbocycles. The van der Waals surface area contributed by atoms with Gasteiger partial charge in [0, 0.05) is 43.3 Å². The summed E-state index contributed by atoms with van der Waals surface area (Å²) >= 11 is 0. The van der Waals surface area contributed by atoms with Crippen LogP contribution in [0.1, 0.15) is 5.56 Å². The van der Waals surface area contributed by atoms with Gasteiger partial charge in [0.05, 0.1) is 16.8 Å². The third-order valence-corrected chi connectivity index (χ3v) is 6.60. The van der Waals surface area contributed by atoms with E-state index in [1.165, 1.54) is 9.87 Å². The molecule has 0 saturated heterocycles. The van der Waals surface area contributed by atoms with Crippen LogP contribution in [0.5, 0.6) is 0 Å². The predicted molar refractivity (Wildman–Crippen MR) is 101 cm³/mol. The van der Waals surface area contributed by atoms with E-state index in [0.29, 0.717) is 10.6 Å². The number of benzene rings is 2. The van der Waals surface area contributed by atoms with Gasteiger partial charge in [0.1, 0.15) is 0 Å². The Morgan fingerprint density at radius 2 is 1.92 bits per heavy atom. The molecule has 25 heavy (non-hydrogen) atoms. The van der Waals surface area contributed by atoms with Crippen molar-refractivity contribution in [2.45, 2.75) is 11.3 Å². The Bertz CT molecular complexity index is 1060. The second-order valence-electron chi connectivity index (χ2n) is 6.31. The third kappa shape index (κ3) is 2.53. The zero-order chi connectivity index (χ0) is 17.6. The van der Waals surface area contributed by atoms with Gasteiger partial charge < -0.3 is 4.90 Å². The number of aromatic nitrogens is 1. The fourth-order valence-electron chi connectivity index (χ4n) is 3.32. The van der Waals surface area contributed by atoms with Crippen molar-refractivity contribution >= 4 is 32.2 Å². The highest BCUT2D eigenvalue weighted by atomic mass is 32.2. The zero-order valence-corrected chi connectivity index (χ0v) is 15.0. The number of nitrogens with zero attached hydrogens (tertiary/aromatic N) is 3. The van der Waals surface area contributed by atoms with E-state index in [-0.39, 0.29) is 0 Å². The van der Waals surface area contributed by atoms with Crippen LogP contribution in [-0.2, 0) is 16.4 Å². The van der Waals surface area contributed by atoms with Crippen molar-refractivity contribution < 1.29 is 8.42 Å². The van der Waals surface area contributed by atoms with E-state index in [1.54, 1.807) is 31.6 Å². The van der Waals surface area contributed by atoms with Crippen LogP contribution >= 0.6 is 0 Å². The Hall–Kier alpha value is -2.60. The molecule has 6 heteroatoms. The predicted octanol–water partition coefficient (Wildman–Crippen LogP) is 3.05. The standard InChI is InChI=1S/C19H19N3O2S/c1-21-10-9-14-7-8-16(11-18(14)21)25(23,24)22(2)19-13-20-12-15-5-3-4-6-17(15)19/h3-8,11-13H,9-10H2,1-2H3. The van der Waals surface area contributed by atoms with Crippen LogP contribution in [0.4, 0.5) is 11.4 Å². The third-order valence-electron chi connectivity index (χ3n) is 4.83. The minimum Gasteiger partial charge on any atom is -0.374 e. The number of pyridine rings is 1. The molecule has 1 aliphatic rings. The Kier molecular flexibility index (Phi) is 3.65. The molecule has 0 atom stereocenters. The maximum absolute atomic E-state index is 13.2. The molecule has 0 amide bonds. The van der Waals surface area contributed by atoms with Crippen LogP contribution in [-0.4, -0.2) is 34.0 Å². The van der Waals surface area contributed by atoms with Crippen molar-refractivity contribution in [1.29, 1.82) is 0 Å². The number of rotatable bonds is 3. The molecule has 1 aliphatic heterocycles. The molecule has 4 rings (SSSR count). The van der Waals surface area contributed by atoms with Crippen molar-refractivity contribution in [3.05, 3.63) is 60.4 Å². The lowest BCUT2D eigenvalue weighted by atomic mass is 10.1. The summed E-state index contributed by atoms with van der Waals surface area (Å²) < 4.78 is 27.6. The molecule has 0 unspecified atom stereocenters. The zero-order valence-electron chi connectivity index (χ0n) is 14.2. The normalized spacial score (nSPS) is 13.9. The quantitative estimate of drug-likeness (QED) is 0.726. The summed E-state index contributed by atoms with van der Waals surface area (Å²) in [7, 11) is -0.0961. The number of likely N-dealkylation sites (N-methyl/N-ethyl adjacent to an activating group) is 1. The maximum atomic E-state index is 13.2. The van der Waals surface area contributed by atoms with Crippen LogP contribution in [0.15, 0.2) is 59.8 Å². The van der Waals surface area contributed by atoms with Crippen LogP contribution in [0.2, 0.25) is 0 Å². The van der Waals surface area contributed by atoms with Gasteiger partial charge in [-0.25, -0.2) is 8.42 Å². The molecule has 0 saturated carbocycles. The van der Waals surface area contributed by atoms with Crippen LogP contribution < -0.4 is 9.21 Å². The van der Waals surface area contributed by atoms with E-state index in [2.05, 4.69) is 9.88 Å². The second-order valence-corrected chi connectivity index (χ2v) is 8.28. The van der Waals surface area contributed by atoms with E-state index in [1.807, 2.05) is 37.4 Å². The van der Waals surface area contributed by atoms with Gasteiger partial charge in [0.2, 0.25) is 0 Å². The molecule has 2 aromatic carbocycles. The number of anilines is 2. The van der Waals surface area contributed by atoms with Crippen LogP contribution in [0.25, 0.3) is 10.8 Å². The summed E-state index contributed by atoms with van der Waals surface area (Å²) in [4.78, 5) is 6.59. The summed E-state index contributed by atoms with van der Waals surface area (Å²) in [5.41, 5.74) is 2.76. The number of sulfonamides is 1. The lowest BCUT2D eigenvalue weighted by molar-refractivity contribution is 0.594. The molecule has 3 aromatic rings. The van der Waals surface area contributed by atoms with Gasteiger partial charge in [-0.3, -0.25) is 9.29 Å². The smallest absolute Gasteiger partial charge is 0.264 e. The van der Waals surface area contributed by atoms with Gasteiger partial charge >= 0.3 is 0 Å². The fourth-order valence-corrected chi connectivity index (χ4v) is 4.54. The molecule has 0 N–H and O–H groups in total. The molecular formula is C19H19N3O2S. The van der Waals surface area contributed by atoms with Gasteiger partial charge in [-0.05, 0) is 24.1 Å². The van der Waals surface area contributed by atoms with E-state index in [4.69, 9.17) is 0 Å². The monoisotopic (exact) mass is 353 g/mol. The number of hydrogen-bond donors (Lipinski definition) is 0. The van der Waals surface area contributed by atoms with Crippen molar-refractivity contribution in [3.63, 3.8) is 0 Å². The first kappa shape index (κ1) is 15.9. The largest absolute Gasteiger partial charge is 0.374 e. The van der Waals surface area contributed by atoms with Crippen molar-refractivity contribution in [2.24, 2.45) is 0 Å². The first-order valence-electron chi connectivity index (χ1n) is 8.14. The van der Waals surface area contributed by atoms with Gasteiger partial charge in [0.25, 0.3) is 10.0 Å². The number of fused-ring (bicyclic) bond motifs is 2. The lowest BCUT2D eigenvalue weighted by Gasteiger charge is -2.22. The van der Waals surface area contributed by atoms with Crippen molar-refractivity contribution in [1.82, 2.24) is 4.98 Å². The molecule has 128 valence electrons. The first-order chi connectivity index (χ1) is 12.0. The van der Waals surface area contributed by atoms with E-state index < -0.39 is 10.0 Å². The molecule has 0 spiro atoms. The number of hydrogen-bond acceptors (Lipinski definition) is 4. The SMILES string of the molecule is CN1CCc2ccc(S(=O)(=O)N(C)c3cncc4ccccc34)cc21. The molecule has 5 nitrogen and oxygen atoms in total.